The van der Waals surface area contributed by atoms with Crippen LogP contribution in [0, 0.1) is 0 Å². The first kappa shape index (κ1) is 20.3. The monoisotopic (exact) mass is 414 g/mol. The summed E-state index contributed by atoms with van der Waals surface area (Å²) in [4.78, 5) is 24.5. The molecule has 4 aromatic rings. The zero-order valence-corrected chi connectivity index (χ0v) is 17.1. The third-order valence-corrected chi connectivity index (χ3v) is 4.79. The molecule has 0 saturated heterocycles. The molecule has 156 valence electrons. The van der Waals surface area contributed by atoms with Gasteiger partial charge in [0.05, 0.1) is 18.8 Å². The van der Waals surface area contributed by atoms with Crippen molar-refractivity contribution >= 4 is 5.97 Å². The van der Waals surface area contributed by atoms with Crippen molar-refractivity contribution in [1.29, 1.82) is 0 Å². The second kappa shape index (κ2) is 9.21. The van der Waals surface area contributed by atoms with Gasteiger partial charge in [-0.15, -0.1) is 0 Å². The van der Waals surface area contributed by atoms with Crippen LogP contribution in [0.5, 0.6) is 0 Å². The van der Waals surface area contributed by atoms with Crippen LogP contribution in [0.3, 0.4) is 0 Å². The summed E-state index contributed by atoms with van der Waals surface area (Å²) in [7, 11) is 1.82. The number of hydrogen-bond acceptors (Lipinski definition) is 5. The first-order valence-corrected chi connectivity index (χ1v) is 9.92. The molecular formula is C24H22N4O3. The zero-order chi connectivity index (χ0) is 21.6. The Morgan fingerprint density at radius 1 is 1.00 bits per heavy atom. The Bertz CT molecular complexity index is 1240. The second-order valence-corrected chi connectivity index (χ2v) is 7.26. The second-order valence-electron chi connectivity index (χ2n) is 7.26. The molecule has 0 spiro atoms. The van der Waals surface area contributed by atoms with Gasteiger partial charge in [-0.05, 0) is 16.7 Å². The van der Waals surface area contributed by atoms with Crippen LogP contribution in [0.2, 0.25) is 0 Å². The molecular weight excluding hydrogens is 392 g/mol. The largest absolute Gasteiger partial charge is 0.461 e. The van der Waals surface area contributed by atoms with Crippen molar-refractivity contribution in [3.05, 3.63) is 112 Å². The number of benzene rings is 2. The first-order chi connectivity index (χ1) is 15.1. The summed E-state index contributed by atoms with van der Waals surface area (Å²) in [5, 5.41) is 8.60. The average Bonchev–Trinajstić information content (AvgIpc) is 3.21. The van der Waals surface area contributed by atoms with Gasteiger partial charge in [-0.1, -0.05) is 54.6 Å². The molecule has 0 aliphatic carbocycles. The molecule has 0 unspecified atom stereocenters. The topological polar surface area (TPSA) is 79.0 Å². The summed E-state index contributed by atoms with van der Waals surface area (Å²) >= 11 is 0. The Hall–Kier alpha value is -4.00. The van der Waals surface area contributed by atoms with Gasteiger partial charge in [0, 0.05) is 25.7 Å². The number of esters is 1. The SMILES string of the molecule is Cn1cc(-n2ccc(=O)c(Cc3cccc(CC(=O)OCc4ccccc4)c3)n2)cn1. The number of rotatable bonds is 7. The number of nitrogens with zero attached hydrogens (tertiary/aromatic N) is 4. The maximum atomic E-state index is 12.3. The van der Waals surface area contributed by atoms with E-state index in [1.165, 1.54) is 6.07 Å². The van der Waals surface area contributed by atoms with E-state index in [0.29, 0.717) is 12.1 Å². The fraction of sp³-hybridized carbons (Fsp3) is 0.167. The van der Waals surface area contributed by atoms with Gasteiger partial charge in [0.1, 0.15) is 18.0 Å². The average molecular weight is 414 g/mol. The molecule has 0 amide bonds. The van der Waals surface area contributed by atoms with Gasteiger partial charge in [0.25, 0.3) is 0 Å². The van der Waals surface area contributed by atoms with Crippen molar-refractivity contribution in [2.24, 2.45) is 7.05 Å². The number of carbonyl (C=O) groups excluding carboxylic acids is 1. The van der Waals surface area contributed by atoms with Crippen molar-refractivity contribution in [3.63, 3.8) is 0 Å². The van der Waals surface area contributed by atoms with Crippen LogP contribution in [0.15, 0.2) is 84.0 Å². The molecule has 2 aromatic heterocycles. The van der Waals surface area contributed by atoms with E-state index < -0.39 is 0 Å². The minimum atomic E-state index is -0.294. The number of aryl methyl sites for hydroxylation is 1. The van der Waals surface area contributed by atoms with Crippen LogP contribution >= 0.6 is 0 Å². The van der Waals surface area contributed by atoms with Gasteiger partial charge >= 0.3 is 5.97 Å². The zero-order valence-electron chi connectivity index (χ0n) is 17.1. The highest BCUT2D eigenvalue weighted by atomic mass is 16.5. The highest BCUT2D eigenvalue weighted by molar-refractivity contribution is 5.72. The fourth-order valence-corrected chi connectivity index (χ4v) is 3.24. The number of hydrogen-bond donors (Lipinski definition) is 0. The number of carbonyl (C=O) groups is 1. The molecule has 0 saturated carbocycles. The lowest BCUT2D eigenvalue weighted by molar-refractivity contribution is -0.144. The van der Waals surface area contributed by atoms with Crippen LogP contribution < -0.4 is 5.43 Å². The van der Waals surface area contributed by atoms with Crippen LogP contribution in [-0.4, -0.2) is 25.5 Å². The van der Waals surface area contributed by atoms with E-state index in [2.05, 4.69) is 10.2 Å². The number of aromatic nitrogens is 4. The highest BCUT2D eigenvalue weighted by Gasteiger charge is 2.09. The van der Waals surface area contributed by atoms with Crippen molar-refractivity contribution in [1.82, 2.24) is 19.6 Å². The van der Waals surface area contributed by atoms with Crippen LogP contribution in [-0.2, 0) is 36.0 Å². The summed E-state index contributed by atoms with van der Waals surface area (Å²) < 4.78 is 8.67. The number of ether oxygens (including phenoxy) is 1. The van der Waals surface area contributed by atoms with E-state index in [9.17, 15) is 9.59 Å². The Morgan fingerprint density at radius 3 is 2.55 bits per heavy atom. The molecule has 31 heavy (non-hydrogen) atoms. The lowest BCUT2D eigenvalue weighted by Crippen LogP contribution is -2.16. The minimum Gasteiger partial charge on any atom is -0.461 e. The lowest BCUT2D eigenvalue weighted by atomic mass is 10.0. The van der Waals surface area contributed by atoms with E-state index in [0.717, 1.165) is 22.4 Å². The standard InChI is InChI=1S/C24H22N4O3/c1-27-16-21(15-25-27)28-11-10-23(29)22(26-28)13-19-8-5-9-20(12-19)14-24(30)31-17-18-6-3-2-4-7-18/h2-12,15-16H,13-14,17H2,1H3. The van der Waals surface area contributed by atoms with E-state index in [-0.39, 0.29) is 24.4 Å². The Labute approximate surface area is 179 Å². The van der Waals surface area contributed by atoms with E-state index in [1.807, 2.05) is 67.8 Å². The molecule has 0 aliphatic rings. The molecule has 2 heterocycles. The molecule has 0 aliphatic heterocycles. The predicted molar refractivity (Wildman–Crippen MR) is 116 cm³/mol. The summed E-state index contributed by atoms with van der Waals surface area (Å²) in [6.45, 7) is 0.251. The Kier molecular flexibility index (Phi) is 6.03. The van der Waals surface area contributed by atoms with Crippen molar-refractivity contribution in [2.75, 3.05) is 0 Å². The molecule has 0 radical (unpaired) electrons. The fourth-order valence-electron chi connectivity index (χ4n) is 3.24. The summed E-state index contributed by atoms with van der Waals surface area (Å²) in [5.41, 5.74) is 3.76. The summed E-state index contributed by atoms with van der Waals surface area (Å²) in [6.07, 6.45) is 5.67. The lowest BCUT2D eigenvalue weighted by Gasteiger charge is -2.08. The van der Waals surface area contributed by atoms with Gasteiger partial charge in [-0.2, -0.15) is 10.2 Å². The van der Waals surface area contributed by atoms with Crippen molar-refractivity contribution in [3.8, 4) is 5.69 Å². The molecule has 7 nitrogen and oxygen atoms in total. The van der Waals surface area contributed by atoms with Crippen LogP contribution in [0.25, 0.3) is 5.69 Å². The van der Waals surface area contributed by atoms with E-state index in [1.54, 1.807) is 21.8 Å². The van der Waals surface area contributed by atoms with Crippen molar-refractivity contribution in [2.45, 2.75) is 19.4 Å². The molecule has 7 heteroatoms. The third-order valence-electron chi connectivity index (χ3n) is 4.79. The summed E-state index contributed by atoms with van der Waals surface area (Å²) in [5.74, 6) is -0.294. The van der Waals surface area contributed by atoms with Gasteiger partial charge in [0.15, 0.2) is 0 Å². The first-order valence-electron chi connectivity index (χ1n) is 9.92. The van der Waals surface area contributed by atoms with Crippen molar-refractivity contribution < 1.29 is 9.53 Å². The van der Waals surface area contributed by atoms with Crippen LogP contribution in [0.1, 0.15) is 22.4 Å². The molecule has 0 fully saturated rings. The summed E-state index contributed by atoms with van der Waals surface area (Å²) in [6, 6.07) is 18.6. The third kappa shape index (κ3) is 5.33. The quantitative estimate of drug-likeness (QED) is 0.435. The molecule has 2 aromatic carbocycles. The Morgan fingerprint density at radius 2 is 1.77 bits per heavy atom. The Balaban J connectivity index is 1.44. The smallest absolute Gasteiger partial charge is 0.310 e. The maximum absolute atomic E-state index is 12.3. The van der Waals surface area contributed by atoms with E-state index in [4.69, 9.17) is 4.74 Å². The van der Waals surface area contributed by atoms with E-state index >= 15 is 0 Å². The van der Waals surface area contributed by atoms with Gasteiger partial charge in [0.2, 0.25) is 5.43 Å². The predicted octanol–water partition coefficient (Wildman–Crippen LogP) is 2.84. The molecule has 0 atom stereocenters. The van der Waals surface area contributed by atoms with Gasteiger partial charge in [-0.3, -0.25) is 14.3 Å². The minimum absolute atomic E-state index is 0.132. The molecule has 4 rings (SSSR count). The van der Waals surface area contributed by atoms with Gasteiger partial charge in [-0.25, -0.2) is 4.68 Å². The molecule has 0 N–H and O–H groups in total. The van der Waals surface area contributed by atoms with Gasteiger partial charge < -0.3 is 4.74 Å². The highest BCUT2D eigenvalue weighted by Crippen LogP contribution is 2.11. The normalized spacial score (nSPS) is 10.7. The maximum Gasteiger partial charge on any atom is 0.310 e. The molecule has 0 bridgehead atoms. The van der Waals surface area contributed by atoms with Crippen LogP contribution in [0.4, 0.5) is 0 Å².